The maximum absolute atomic E-state index is 13.9. The Morgan fingerprint density at radius 2 is 1.76 bits per heavy atom. The average Bonchev–Trinajstić information content (AvgIpc) is 3.57. The molecule has 3 N–H and O–H groups in total. The van der Waals surface area contributed by atoms with Crippen molar-refractivity contribution in [3.05, 3.63) is 101 Å². The number of aromatic nitrogens is 5. The Morgan fingerprint density at radius 1 is 1.00 bits per heavy atom. The van der Waals surface area contributed by atoms with E-state index in [1.54, 1.807) is 30.3 Å². The van der Waals surface area contributed by atoms with E-state index in [4.69, 9.17) is 17.3 Å². The van der Waals surface area contributed by atoms with Crippen LogP contribution in [0.4, 0.5) is 5.82 Å². The van der Waals surface area contributed by atoms with Crippen LogP contribution in [-0.2, 0) is 10.0 Å². The third kappa shape index (κ3) is 3.77. The molecule has 0 spiro atoms. The highest BCUT2D eigenvalue weighted by atomic mass is 35.5. The fourth-order valence-electron chi connectivity index (χ4n) is 4.52. The van der Waals surface area contributed by atoms with Crippen LogP contribution in [0.3, 0.4) is 0 Å². The Hall–Kier alpha value is -4.41. The van der Waals surface area contributed by atoms with Gasteiger partial charge in [0.25, 0.3) is 10.0 Å². The third-order valence-corrected chi connectivity index (χ3v) is 8.37. The minimum absolute atomic E-state index is 0.0430. The molecule has 0 bridgehead atoms. The molecule has 0 saturated carbocycles. The topological polar surface area (TPSA) is 129 Å². The number of rotatable bonds is 5. The summed E-state index contributed by atoms with van der Waals surface area (Å²) in [6.45, 7) is 3.72. The van der Waals surface area contributed by atoms with E-state index in [1.807, 2.05) is 26.0 Å². The van der Waals surface area contributed by atoms with Gasteiger partial charge in [0.15, 0.2) is 0 Å². The molecule has 0 fully saturated rings. The highest BCUT2D eigenvalue weighted by molar-refractivity contribution is 7.90. The lowest BCUT2D eigenvalue weighted by molar-refractivity contribution is 0.103. The number of benzene rings is 3. The van der Waals surface area contributed by atoms with E-state index in [9.17, 15) is 13.2 Å². The molecule has 9 nitrogen and oxygen atoms in total. The van der Waals surface area contributed by atoms with Crippen LogP contribution in [0.1, 0.15) is 27.4 Å². The second-order valence-corrected chi connectivity index (χ2v) is 11.2. The van der Waals surface area contributed by atoms with E-state index in [1.165, 1.54) is 35.1 Å². The summed E-state index contributed by atoms with van der Waals surface area (Å²) < 4.78 is 30.1. The predicted molar refractivity (Wildman–Crippen MR) is 147 cm³/mol. The number of fused-ring (bicyclic) bond motifs is 2. The maximum Gasteiger partial charge on any atom is 0.268 e. The number of halogens is 1. The maximum atomic E-state index is 13.9. The summed E-state index contributed by atoms with van der Waals surface area (Å²) >= 11 is 6.22. The zero-order valence-electron chi connectivity index (χ0n) is 20.3. The van der Waals surface area contributed by atoms with Crippen LogP contribution in [0.2, 0.25) is 5.02 Å². The van der Waals surface area contributed by atoms with Crippen molar-refractivity contribution in [1.82, 2.24) is 23.7 Å². The number of nitrogen functional groups attached to an aromatic ring is 1. The molecule has 38 heavy (non-hydrogen) atoms. The first-order valence-electron chi connectivity index (χ1n) is 11.6. The summed E-state index contributed by atoms with van der Waals surface area (Å²) in [4.78, 5) is 21.5. The fourth-order valence-corrected chi connectivity index (χ4v) is 6.19. The molecule has 3 aromatic heterocycles. The van der Waals surface area contributed by atoms with Crippen LogP contribution in [0, 0.1) is 13.8 Å². The van der Waals surface area contributed by atoms with Gasteiger partial charge in [-0.2, -0.15) is 5.10 Å². The normalized spacial score (nSPS) is 12.0. The van der Waals surface area contributed by atoms with Crippen molar-refractivity contribution in [3.8, 4) is 5.69 Å². The van der Waals surface area contributed by atoms with Crippen LogP contribution in [0.5, 0.6) is 0 Å². The number of carbonyl (C=O) groups excluding carboxylic acids is 1. The van der Waals surface area contributed by atoms with Crippen LogP contribution >= 0.6 is 11.6 Å². The molecular weight excluding hydrogens is 524 g/mol. The molecular formula is C27H21ClN6O3S. The second-order valence-electron chi connectivity index (χ2n) is 9.02. The van der Waals surface area contributed by atoms with Gasteiger partial charge >= 0.3 is 0 Å². The first kappa shape index (κ1) is 24.0. The van der Waals surface area contributed by atoms with E-state index in [2.05, 4.69) is 15.1 Å². The molecule has 6 aromatic rings. The predicted octanol–water partition coefficient (Wildman–Crippen LogP) is 5.02. The number of H-pyrrole nitrogens is 1. The van der Waals surface area contributed by atoms with E-state index >= 15 is 0 Å². The van der Waals surface area contributed by atoms with Gasteiger partial charge in [0.1, 0.15) is 17.3 Å². The Bertz CT molecular complexity index is 2000. The number of ketones is 1. The van der Waals surface area contributed by atoms with Gasteiger partial charge in [-0.1, -0.05) is 35.4 Å². The van der Waals surface area contributed by atoms with Gasteiger partial charge in [-0.25, -0.2) is 22.1 Å². The number of imidazole rings is 1. The Morgan fingerprint density at radius 3 is 2.53 bits per heavy atom. The summed E-state index contributed by atoms with van der Waals surface area (Å²) in [5.41, 5.74) is 9.80. The second kappa shape index (κ2) is 8.57. The van der Waals surface area contributed by atoms with Gasteiger partial charge in [-0.15, -0.1) is 0 Å². The first-order valence-corrected chi connectivity index (χ1v) is 13.4. The van der Waals surface area contributed by atoms with E-state index in [0.717, 1.165) is 26.4 Å². The Balaban J connectivity index is 1.51. The first-order chi connectivity index (χ1) is 18.1. The monoisotopic (exact) mass is 544 g/mol. The Labute approximate surface area is 222 Å². The quantitative estimate of drug-likeness (QED) is 0.293. The number of anilines is 1. The van der Waals surface area contributed by atoms with E-state index < -0.39 is 15.8 Å². The third-order valence-electron chi connectivity index (χ3n) is 6.39. The van der Waals surface area contributed by atoms with E-state index in [-0.39, 0.29) is 27.5 Å². The van der Waals surface area contributed by atoms with Gasteiger partial charge < -0.3 is 10.7 Å². The van der Waals surface area contributed by atoms with Gasteiger partial charge in [0.2, 0.25) is 5.78 Å². The minimum Gasteiger partial charge on any atom is -0.383 e. The molecule has 0 aliphatic carbocycles. The van der Waals surface area contributed by atoms with Gasteiger partial charge in [-0.3, -0.25) is 4.79 Å². The highest BCUT2D eigenvalue weighted by Crippen LogP contribution is 2.31. The van der Waals surface area contributed by atoms with Crippen molar-refractivity contribution >= 4 is 55.2 Å². The standard InChI is InChI=1S/C27H21ClN6O3S/c1-15-3-8-20(9-4-15)38(36,37)34-24-12-18(28)6-5-17(24)11-25(34)26(35)21-14-30-33(27(21)29)19-7-10-22-23(13-19)32-16(2)31-22/h3-14H,29H2,1-2H3,(H,31,32). The van der Waals surface area contributed by atoms with Crippen LogP contribution in [-0.4, -0.2) is 37.9 Å². The molecule has 0 atom stereocenters. The molecule has 3 aromatic carbocycles. The molecule has 0 amide bonds. The van der Waals surface area contributed by atoms with Crippen molar-refractivity contribution in [3.63, 3.8) is 0 Å². The van der Waals surface area contributed by atoms with Gasteiger partial charge in [-0.05, 0) is 62.4 Å². The largest absolute Gasteiger partial charge is 0.383 e. The lowest BCUT2D eigenvalue weighted by Crippen LogP contribution is -2.19. The molecule has 0 unspecified atom stereocenters. The molecule has 11 heteroatoms. The molecule has 3 heterocycles. The molecule has 0 saturated heterocycles. The highest BCUT2D eigenvalue weighted by Gasteiger charge is 2.29. The van der Waals surface area contributed by atoms with Crippen molar-refractivity contribution < 1.29 is 13.2 Å². The van der Waals surface area contributed by atoms with Crippen LogP contribution in [0.25, 0.3) is 27.6 Å². The Kier molecular flexibility index (Phi) is 5.41. The zero-order chi connectivity index (χ0) is 26.8. The van der Waals surface area contributed by atoms with Crippen molar-refractivity contribution in [2.24, 2.45) is 0 Å². The molecule has 0 radical (unpaired) electrons. The minimum atomic E-state index is -4.16. The summed E-state index contributed by atoms with van der Waals surface area (Å²) in [5, 5.41) is 5.21. The lowest BCUT2D eigenvalue weighted by atomic mass is 10.1. The molecule has 0 aliphatic heterocycles. The molecule has 0 aliphatic rings. The number of aromatic amines is 1. The number of hydrogen-bond donors (Lipinski definition) is 2. The summed E-state index contributed by atoms with van der Waals surface area (Å²) in [6, 6.07) is 18.2. The summed E-state index contributed by atoms with van der Waals surface area (Å²) in [6.07, 6.45) is 1.34. The van der Waals surface area contributed by atoms with Crippen LogP contribution < -0.4 is 5.73 Å². The number of nitrogens with one attached hydrogen (secondary N) is 1. The lowest BCUT2D eigenvalue weighted by Gasteiger charge is -2.12. The number of carbonyl (C=O) groups is 1. The van der Waals surface area contributed by atoms with Crippen molar-refractivity contribution in [2.45, 2.75) is 18.7 Å². The number of hydrogen-bond acceptors (Lipinski definition) is 6. The zero-order valence-corrected chi connectivity index (χ0v) is 21.9. The van der Waals surface area contributed by atoms with Gasteiger partial charge in [0.05, 0.1) is 38.9 Å². The summed E-state index contributed by atoms with van der Waals surface area (Å²) in [7, 11) is -4.16. The summed E-state index contributed by atoms with van der Waals surface area (Å²) in [5.74, 6) is 0.257. The number of nitrogens with zero attached hydrogens (tertiary/aromatic N) is 4. The van der Waals surface area contributed by atoms with Crippen LogP contribution in [0.15, 0.2) is 77.8 Å². The van der Waals surface area contributed by atoms with Crippen molar-refractivity contribution in [2.75, 3.05) is 5.73 Å². The van der Waals surface area contributed by atoms with Gasteiger partial charge in [0, 0.05) is 10.4 Å². The molecule has 190 valence electrons. The SMILES string of the molecule is Cc1ccc(S(=O)(=O)n2c(C(=O)c3cnn(-c4ccc5nc(C)[nH]c5c4)c3N)cc3ccc(Cl)cc32)cc1. The number of nitrogens with two attached hydrogens (primary N) is 1. The fraction of sp³-hybridized carbons (Fsp3) is 0.0741. The number of aryl methyl sites for hydroxylation is 2. The smallest absolute Gasteiger partial charge is 0.268 e. The van der Waals surface area contributed by atoms with Crippen molar-refractivity contribution in [1.29, 1.82) is 0 Å². The molecule has 6 rings (SSSR count). The average molecular weight is 545 g/mol. The van der Waals surface area contributed by atoms with E-state index in [0.29, 0.717) is 16.1 Å².